The second-order valence-electron chi connectivity index (χ2n) is 6.16. The van der Waals surface area contributed by atoms with Crippen LogP contribution in [0.5, 0.6) is 0 Å². The highest BCUT2D eigenvalue weighted by molar-refractivity contribution is 5.64. The molecule has 120 valence electrons. The molecule has 0 radical (unpaired) electrons. The van der Waals surface area contributed by atoms with Gasteiger partial charge < -0.3 is 4.90 Å². The molecule has 0 N–H and O–H groups in total. The zero-order valence-corrected chi connectivity index (χ0v) is 14.1. The summed E-state index contributed by atoms with van der Waals surface area (Å²) in [6, 6.07) is 18.7. The Balaban J connectivity index is 1.65. The van der Waals surface area contributed by atoms with E-state index in [-0.39, 0.29) is 0 Å². The van der Waals surface area contributed by atoms with Crippen LogP contribution in [0.1, 0.15) is 29.5 Å². The van der Waals surface area contributed by atoms with Crippen molar-refractivity contribution in [1.82, 2.24) is 0 Å². The molecule has 3 rings (SSSR count). The quantitative estimate of drug-likeness (QED) is 0.787. The molecule has 1 fully saturated rings. The highest BCUT2D eigenvalue weighted by Crippen LogP contribution is 2.29. The third kappa shape index (κ3) is 3.75. The molecule has 0 bridgehead atoms. The third-order valence-electron chi connectivity index (χ3n) is 4.50. The topological polar surface area (TPSA) is 27.0 Å². The maximum absolute atomic E-state index is 9.35. The average Bonchev–Trinajstić information content (AvgIpc) is 2.63. The molecular weight excluding hydrogens is 292 g/mol. The molecule has 1 aliphatic rings. The third-order valence-corrected chi connectivity index (χ3v) is 4.50. The summed E-state index contributed by atoms with van der Waals surface area (Å²) in [5.41, 5.74) is 5.78. The van der Waals surface area contributed by atoms with Crippen LogP contribution in [0.25, 0.3) is 6.08 Å². The number of para-hydroxylation sites is 1. The van der Waals surface area contributed by atoms with E-state index in [0.717, 1.165) is 37.2 Å². The highest BCUT2D eigenvalue weighted by atomic mass is 15.1. The van der Waals surface area contributed by atoms with Crippen molar-refractivity contribution in [3.05, 3.63) is 82.9 Å². The molecule has 1 saturated heterocycles. The largest absolute Gasteiger partial charge is 0.370 e. The second kappa shape index (κ2) is 7.66. The zero-order valence-electron chi connectivity index (χ0n) is 14.1. The van der Waals surface area contributed by atoms with E-state index in [1.165, 1.54) is 16.7 Å². The first-order valence-corrected chi connectivity index (χ1v) is 8.44. The first-order chi connectivity index (χ1) is 11.8. The van der Waals surface area contributed by atoms with Crippen LogP contribution in [0.3, 0.4) is 0 Å². The molecule has 1 aliphatic heterocycles. The van der Waals surface area contributed by atoms with Gasteiger partial charge >= 0.3 is 0 Å². The minimum absolute atomic E-state index is 0.784. The van der Waals surface area contributed by atoms with Crippen LogP contribution in [-0.2, 0) is 0 Å². The van der Waals surface area contributed by atoms with Gasteiger partial charge in [0.2, 0.25) is 0 Å². The van der Waals surface area contributed by atoms with Crippen LogP contribution >= 0.6 is 0 Å². The molecule has 0 unspecified atom stereocenters. The predicted molar refractivity (Wildman–Crippen MR) is 101 cm³/mol. The summed E-state index contributed by atoms with van der Waals surface area (Å²) in [6.45, 7) is 4.04. The molecule has 0 aromatic heterocycles. The normalized spacial score (nSPS) is 14.7. The number of rotatable bonds is 3. The molecule has 0 atom stereocenters. The van der Waals surface area contributed by atoms with Gasteiger partial charge in [0.25, 0.3) is 0 Å². The van der Waals surface area contributed by atoms with Crippen LogP contribution < -0.4 is 4.90 Å². The maximum atomic E-state index is 9.35. The lowest BCUT2D eigenvalue weighted by Gasteiger charge is -2.32. The lowest BCUT2D eigenvalue weighted by atomic mass is 10.00. The second-order valence-corrected chi connectivity index (χ2v) is 6.16. The molecule has 2 aromatic carbocycles. The first kappa shape index (κ1) is 16.1. The van der Waals surface area contributed by atoms with E-state index in [1.54, 1.807) is 0 Å². The van der Waals surface area contributed by atoms with Gasteiger partial charge in [0.15, 0.2) is 0 Å². The van der Waals surface area contributed by atoms with Gasteiger partial charge in [-0.3, -0.25) is 0 Å². The van der Waals surface area contributed by atoms with Crippen molar-refractivity contribution in [1.29, 1.82) is 5.26 Å². The summed E-state index contributed by atoms with van der Waals surface area (Å²) in [5, 5.41) is 9.35. The Labute approximate surface area is 144 Å². The van der Waals surface area contributed by atoms with Crippen LogP contribution in [0.2, 0.25) is 0 Å². The number of anilines is 1. The van der Waals surface area contributed by atoms with Gasteiger partial charge in [0, 0.05) is 13.1 Å². The number of nitriles is 1. The fraction of sp³-hybridized carbons (Fsp3) is 0.227. The van der Waals surface area contributed by atoms with Crippen LogP contribution in [0, 0.1) is 18.3 Å². The number of hydrogen-bond acceptors (Lipinski definition) is 2. The Hall–Kier alpha value is -2.79. The van der Waals surface area contributed by atoms with E-state index in [9.17, 15) is 5.26 Å². The van der Waals surface area contributed by atoms with Crippen molar-refractivity contribution in [2.75, 3.05) is 18.0 Å². The summed E-state index contributed by atoms with van der Waals surface area (Å²) < 4.78 is 0. The minimum atomic E-state index is 0.784. The highest BCUT2D eigenvalue weighted by Gasteiger charge is 2.18. The zero-order chi connectivity index (χ0) is 16.8. The van der Waals surface area contributed by atoms with Crippen LogP contribution in [-0.4, -0.2) is 13.1 Å². The maximum Gasteiger partial charge on any atom is 0.101 e. The van der Waals surface area contributed by atoms with Crippen LogP contribution in [0.4, 0.5) is 5.69 Å². The van der Waals surface area contributed by atoms with Crippen molar-refractivity contribution in [3.8, 4) is 6.07 Å². The van der Waals surface area contributed by atoms with Crippen LogP contribution in [0.15, 0.2) is 66.3 Å². The molecule has 0 aliphatic carbocycles. The molecule has 2 aromatic rings. The number of piperidine rings is 1. The fourth-order valence-corrected chi connectivity index (χ4v) is 3.21. The molecular formula is C22H22N2. The van der Waals surface area contributed by atoms with E-state index in [1.807, 2.05) is 18.2 Å². The van der Waals surface area contributed by atoms with Gasteiger partial charge in [-0.2, -0.15) is 5.26 Å². The lowest BCUT2D eigenvalue weighted by molar-refractivity contribution is 0.683. The fourth-order valence-electron chi connectivity index (χ4n) is 3.21. The van der Waals surface area contributed by atoms with Gasteiger partial charge in [-0.1, -0.05) is 66.3 Å². The molecule has 0 amide bonds. The molecule has 0 saturated carbocycles. The van der Waals surface area contributed by atoms with E-state index in [0.29, 0.717) is 0 Å². The Morgan fingerprint density at radius 2 is 1.75 bits per heavy atom. The standard InChI is InChI=1S/C22H22N2/c1-18-7-5-12-21(17-23)22(18)24-15-13-20(14-16-24)11-6-10-19-8-3-2-4-9-19/h2-12H,13-16H2,1H3/b10-6+. The first-order valence-electron chi connectivity index (χ1n) is 8.44. The van der Waals surface area contributed by atoms with Gasteiger partial charge in [0.1, 0.15) is 6.07 Å². The number of allylic oxidation sites excluding steroid dienone is 2. The Morgan fingerprint density at radius 1 is 1.00 bits per heavy atom. The summed E-state index contributed by atoms with van der Waals surface area (Å²) in [7, 11) is 0. The average molecular weight is 314 g/mol. The Morgan fingerprint density at radius 3 is 2.46 bits per heavy atom. The lowest BCUT2D eigenvalue weighted by Crippen LogP contribution is -2.31. The smallest absolute Gasteiger partial charge is 0.101 e. The number of nitrogens with zero attached hydrogens (tertiary/aromatic N) is 2. The summed E-state index contributed by atoms with van der Waals surface area (Å²) in [6.07, 6.45) is 8.65. The number of hydrogen-bond donors (Lipinski definition) is 0. The molecule has 2 heteroatoms. The Bertz CT molecular complexity index is 784. The van der Waals surface area contributed by atoms with E-state index in [4.69, 9.17) is 0 Å². The van der Waals surface area contributed by atoms with Crippen molar-refractivity contribution < 1.29 is 0 Å². The van der Waals surface area contributed by atoms with Gasteiger partial charge in [0.05, 0.1) is 11.3 Å². The molecule has 1 heterocycles. The number of benzene rings is 2. The molecule has 24 heavy (non-hydrogen) atoms. The SMILES string of the molecule is Cc1cccc(C#N)c1N1CCC(=C/C=C/c2ccccc2)CC1. The van der Waals surface area contributed by atoms with Crippen molar-refractivity contribution in [3.63, 3.8) is 0 Å². The molecule has 2 nitrogen and oxygen atoms in total. The van der Waals surface area contributed by atoms with Gasteiger partial charge in [-0.15, -0.1) is 0 Å². The van der Waals surface area contributed by atoms with Crippen molar-refractivity contribution in [2.45, 2.75) is 19.8 Å². The van der Waals surface area contributed by atoms with E-state index < -0.39 is 0 Å². The number of aryl methyl sites for hydroxylation is 1. The summed E-state index contributed by atoms with van der Waals surface area (Å²) >= 11 is 0. The minimum Gasteiger partial charge on any atom is -0.370 e. The van der Waals surface area contributed by atoms with Crippen molar-refractivity contribution in [2.24, 2.45) is 0 Å². The molecule has 0 spiro atoms. The summed E-state index contributed by atoms with van der Waals surface area (Å²) in [4.78, 5) is 2.35. The monoisotopic (exact) mass is 314 g/mol. The predicted octanol–water partition coefficient (Wildman–Crippen LogP) is 5.11. The Kier molecular flexibility index (Phi) is 5.13. The van der Waals surface area contributed by atoms with Gasteiger partial charge in [-0.25, -0.2) is 0 Å². The summed E-state index contributed by atoms with van der Waals surface area (Å²) in [5.74, 6) is 0. The van der Waals surface area contributed by atoms with Crippen molar-refractivity contribution >= 4 is 11.8 Å². The van der Waals surface area contributed by atoms with Gasteiger partial charge in [-0.05, 0) is 37.0 Å². The van der Waals surface area contributed by atoms with E-state index in [2.05, 4.69) is 66.5 Å². The van der Waals surface area contributed by atoms with E-state index >= 15 is 0 Å².